The first-order chi connectivity index (χ1) is 14.8. The zero-order valence-corrected chi connectivity index (χ0v) is 17.7. The first-order valence-electron chi connectivity index (χ1n) is 10.6. The highest BCUT2D eigenvalue weighted by atomic mass is 19.3. The Hall–Kier alpha value is -2.46. The van der Waals surface area contributed by atoms with Crippen LogP contribution < -0.4 is 5.73 Å². The van der Waals surface area contributed by atoms with Gasteiger partial charge >= 0.3 is 6.61 Å². The Bertz CT molecular complexity index is 923. The summed E-state index contributed by atoms with van der Waals surface area (Å²) in [6.45, 7) is -2.01. The summed E-state index contributed by atoms with van der Waals surface area (Å²) in [5.41, 5.74) is 7.72. The molecule has 0 bridgehead atoms. The van der Waals surface area contributed by atoms with Gasteiger partial charge in [-0.15, -0.1) is 0 Å². The quantitative estimate of drug-likeness (QED) is 0.713. The highest BCUT2D eigenvalue weighted by Gasteiger charge is 2.39. The molecule has 1 aromatic heterocycles. The van der Waals surface area contributed by atoms with Crippen molar-refractivity contribution in [2.45, 2.75) is 56.9 Å². The van der Waals surface area contributed by atoms with Crippen LogP contribution in [0.15, 0.2) is 28.3 Å². The molecule has 2 aliphatic carbocycles. The third kappa shape index (κ3) is 5.07. The van der Waals surface area contributed by atoms with Gasteiger partial charge in [0.05, 0.1) is 18.7 Å². The molecule has 1 saturated carbocycles. The molecule has 0 radical (unpaired) electrons. The Balaban J connectivity index is 1.57. The first-order valence-corrected chi connectivity index (χ1v) is 10.6. The van der Waals surface area contributed by atoms with E-state index in [4.69, 9.17) is 5.73 Å². The van der Waals surface area contributed by atoms with Crippen LogP contribution in [0, 0.1) is 5.92 Å². The van der Waals surface area contributed by atoms with Gasteiger partial charge in [0.1, 0.15) is 5.56 Å². The van der Waals surface area contributed by atoms with Gasteiger partial charge in [0.25, 0.3) is 5.91 Å². The number of allylic oxidation sites excluding steroid dienone is 1. The summed E-state index contributed by atoms with van der Waals surface area (Å²) in [7, 11) is 4.19. The smallest absolute Gasteiger partial charge is 0.345 e. The summed E-state index contributed by atoms with van der Waals surface area (Å²) < 4.78 is 31.1. The Kier molecular flexibility index (Phi) is 6.29. The molecule has 10 heteroatoms. The first kappa shape index (κ1) is 21.8. The fraction of sp³-hybridized carbons (Fsp3) is 0.619. The van der Waals surface area contributed by atoms with E-state index in [-0.39, 0.29) is 23.3 Å². The zero-order chi connectivity index (χ0) is 22.1. The number of nitrogens with zero attached hydrogens (tertiary/aromatic N) is 5. The number of carbonyl (C=O) groups excluding carboxylic acids is 1. The van der Waals surface area contributed by atoms with Gasteiger partial charge in [0.2, 0.25) is 0 Å². The van der Waals surface area contributed by atoms with Crippen LogP contribution in [0.2, 0.25) is 0 Å². The van der Waals surface area contributed by atoms with Gasteiger partial charge in [-0.05, 0) is 52.3 Å². The fourth-order valence-corrected chi connectivity index (χ4v) is 4.53. The van der Waals surface area contributed by atoms with Crippen molar-refractivity contribution in [3.05, 3.63) is 23.9 Å². The van der Waals surface area contributed by atoms with E-state index in [1.54, 1.807) is 18.3 Å². The van der Waals surface area contributed by atoms with Crippen molar-refractivity contribution in [1.82, 2.24) is 14.7 Å². The van der Waals surface area contributed by atoms with Crippen molar-refractivity contribution in [3.8, 4) is 0 Å². The molecule has 1 amide bonds. The number of amides is 1. The number of hydrogen-bond donors (Lipinski definition) is 1. The number of hydrogen-bond acceptors (Lipinski definition) is 6. The average molecular weight is 434 g/mol. The van der Waals surface area contributed by atoms with E-state index in [1.807, 2.05) is 4.68 Å². The summed E-state index contributed by atoms with van der Waals surface area (Å²) in [6.07, 6.45) is 8.05. The third-order valence-corrected chi connectivity index (χ3v) is 6.32. The SMILES string of the molecule is CN(C)C1CCC(n2cc(C(N)=O)c(N=C3C=CC(OC(F)F)CC3)n2)C(C2=NC2)C1. The molecule has 0 aromatic carbocycles. The van der Waals surface area contributed by atoms with Crippen molar-refractivity contribution < 1.29 is 18.3 Å². The number of ether oxygens (including phenoxy) is 1. The maximum absolute atomic E-state index is 12.4. The van der Waals surface area contributed by atoms with E-state index in [1.165, 1.54) is 5.71 Å². The Morgan fingerprint density at radius 1 is 1.35 bits per heavy atom. The number of rotatable bonds is 7. The van der Waals surface area contributed by atoms with Gasteiger partial charge in [0.15, 0.2) is 5.82 Å². The van der Waals surface area contributed by atoms with Crippen LogP contribution in [0.5, 0.6) is 0 Å². The van der Waals surface area contributed by atoms with E-state index in [9.17, 15) is 13.6 Å². The number of nitrogens with two attached hydrogens (primary N) is 1. The lowest BCUT2D eigenvalue weighted by atomic mass is 9.79. The molecular formula is C21H28F2N6O2. The summed E-state index contributed by atoms with van der Waals surface area (Å²) in [5, 5.41) is 4.62. The Morgan fingerprint density at radius 3 is 2.71 bits per heavy atom. The van der Waals surface area contributed by atoms with E-state index in [0.29, 0.717) is 24.6 Å². The van der Waals surface area contributed by atoms with Crippen molar-refractivity contribution >= 4 is 23.1 Å². The highest BCUT2D eigenvalue weighted by Crippen LogP contribution is 2.39. The lowest BCUT2D eigenvalue weighted by molar-refractivity contribution is -0.151. The third-order valence-electron chi connectivity index (χ3n) is 6.32. The predicted molar refractivity (Wildman–Crippen MR) is 113 cm³/mol. The topological polar surface area (TPSA) is 98.1 Å². The summed E-state index contributed by atoms with van der Waals surface area (Å²) >= 11 is 0. The predicted octanol–water partition coefficient (Wildman–Crippen LogP) is 2.74. The van der Waals surface area contributed by atoms with Gasteiger partial charge in [0, 0.05) is 29.6 Å². The molecule has 0 saturated heterocycles. The molecule has 168 valence electrons. The number of alkyl halides is 2. The summed E-state index contributed by atoms with van der Waals surface area (Å²) in [6, 6.07) is 0.599. The lowest BCUT2D eigenvalue weighted by Gasteiger charge is -2.37. The van der Waals surface area contributed by atoms with Crippen LogP contribution in [-0.2, 0) is 4.74 Å². The van der Waals surface area contributed by atoms with Gasteiger partial charge in [-0.2, -0.15) is 13.9 Å². The summed E-state index contributed by atoms with van der Waals surface area (Å²) in [5.74, 6) is -0.0395. The molecule has 1 aromatic rings. The van der Waals surface area contributed by atoms with Crippen LogP contribution in [0.4, 0.5) is 14.6 Å². The maximum Gasteiger partial charge on any atom is 0.345 e. The van der Waals surface area contributed by atoms with Crippen molar-refractivity contribution in [3.63, 3.8) is 0 Å². The van der Waals surface area contributed by atoms with Gasteiger partial charge in [-0.25, -0.2) is 4.99 Å². The number of halogens is 2. The molecule has 8 nitrogen and oxygen atoms in total. The van der Waals surface area contributed by atoms with E-state index >= 15 is 0 Å². The lowest BCUT2D eigenvalue weighted by Crippen LogP contribution is -2.39. The van der Waals surface area contributed by atoms with Crippen LogP contribution in [0.1, 0.15) is 48.5 Å². The largest absolute Gasteiger partial charge is 0.365 e. The normalized spacial score (nSPS) is 29.6. The van der Waals surface area contributed by atoms with Crippen LogP contribution in [0.3, 0.4) is 0 Å². The van der Waals surface area contributed by atoms with Crippen molar-refractivity contribution in [2.24, 2.45) is 21.6 Å². The molecule has 1 fully saturated rings. The molecule has 4 unspecified atom stereocenters. The van der Waals surface area contributed by atoms with E-state index < -0.39 is 18.6 Å². The molecule has 4 rings (SSSR count). The molecule has 4 atom stereocenters. The molecule has 3 aliphatic rings. The average Bonchev–Trinajstić information content (AvgIpc) is 3.48. The van der Waals surface area contributed by atoms with Gasteiger partial charge in [-0.1, -0.05) is 6.08 Å². The molecule has 0 spiro atoms. The number of primary amides is 1. The maximum atomic E-state index is 12.4. The number of aromatic nitrogens is 2. The second-order valence-corrected chi connectivity index (χ2v) is 8.56. The van der Waals surface area contributed by atoms with Crippen LogP contribution in [-0.4, -0.2) is 71.4 Å². The molecule has 2 heterocycles. The molecule has 2 N–H and O–H groups in total. The minimum Gasteiger partial charge on any atom is -0.365 e. The second kappa shape index (κ2) is 8.96. The van der Waals surface area contributed by atoms with E-state index in [0.717, 1.165) is 25.8 Å². The van der Waals surface area contributed by atoms with Gasteiger partial charge < -0.3 is 15.4 Å². The summed E-state index contributed by atoms with van der Waals surface area (Å²) in [4.78, 5) is 23.3. The minimum atomic E-state index is -2.81. The molecular weight excluding hydrogens is 406 g/mol. The highest BCUT2D eigenvalue weighted by molar-refractivity contribution is 6.01. The zero-order valence-electron chi connectivity index (χ0n) is 17.7. The standard InChI is InChI=1S/C21H28F2N6O2/c1-28(2)13-5-8-18(15(9-13)17-10-25-17)29-11-16(19(24)30)20(27-29)26-12-3-6-14(7-4-12)31-21(22)23/h3,6,11,13-15,18,21H,4-5,7-10H2,1-2H3,(H2,24,30). The second-order valence-electron chi connectivity index (χ2n) is 8.56. The van der Waals surface area contributed by atoms with Gasteiger partial charge in [-0.3, -0.25) is 14.5 Å². The van der Waals surface area contributed by atoms with E-state index in [2.05, 4.69) is 38.8 Å². The van der Waals surface area contributed by atoms with Crippen molar-refractivity contribution in [2.75, 3.05) is 20.6 Å². The Morgan fingerprint density at radius 2 is 2.13 bits per heavy atom. The fourth-order valence-electron chi connectivity index (χ4n) is 4.53. The Labute approximate surface area is 179 Å². The number of aliphatic imine (C=N–C) groups is 2. The van der Waals surface area contributed by atoms with Crippen LogP contribution in [0.25, 0.3) is 0 Å². The molecule has 1 aliphatic heterocycles. The monoisotopic (exact) mass is 434 g/mol. The van der Waals surface area contributed by atoms with Crippen LogP contribution >= 0.6 is 0 Å². The minimum absolute atomic E-state index is 0.107. The number of carbonyl (C=O) groups is 1. The molecule has 31 heavy (non-hydrogen) atoms. The van der Waals surface area contributed by atoms with Crippen molar-refractivity contribution in [1.29, 1.82) is 0 Å².